The number of nitrogens with one attached hydrogen (secondary N) is 1. The lowest BCUT2D eigenvalue weighted by atomic mass is 10.2. The second-order valence-corrected chi connectivity index (χ2v) is 6.36. The van der Waals surface area contributed by atoms with Crippen molar-refractivity contribution in [2.24, 2.45) is 7.05 Å². The van der Waals surface area contributed by atoms with Gasteiger partial charge in [0, 0.05) is 12.6 Å². The lowest BCUT2D eigenvalue weighted by Crippen LogP contribution is -2.16. The van der Waals surface area contributed by atoms with Gasteiger partial charge in [0.15, 0.2) is 11.0 Å². The highest BCUT2D eigenvalue weighted by Gasteiger charge is 2.15. The zero-order valence-corrected chi connectivity index (χ0v) is 14.7. The first-order valence-corrected chi connectivity index (χ1v) is 8.74. The normalized spacial score (nSPS) is 10.5. The molecule has 132 valence electrons. The number of carbonyl (C=O) groups is 2. The number of para-hydroxylation sites is 1. The van der Waals surface area contributed by atoms with Crippen LogP contribution < -0.4 is 5.32 Å². The van der Waals surface area contributed by atoms with Gasteiger partial charge in [-0.3, -0.25) is 4.79 Å². The van der Waals surface area contributed by atoms with Crippen molar-refractivity contribution in [3.05, 3.63) is 60.2 Å². The Hall–Kier alpha value is -3.13. The summed E-state index contributed by atoms with van der Waals surface area (Å²) in [7, 11) is 1.84. The number of amides is 1. The molecule has 0 atom stereocenters. The van der Waals surface area contributed by atoms with Gasteiger partial charge in [0.25, 0.3) is 0 Å². The Balaban J connectivity index is 1.66. The minimum atomic E-state index is -1.09. The number of carboxylic acid groups (broad SMARTS) is 1. The highest BCUT2D eigenvalue weighted by molar-refractivity contribution is 7.99. The molecule has 0 aliphatic rings. The van der Waals surface area contributed by atoms with Gasteiger partial charge in [-0.15, -0.1) is 10.2 Å². The minimum Gasteiger partial charge on any atom is -0.478 e. The number of carboxylic acids is 1. The van der Waals surface area contributed by atoms with Crippen LogP contribution in [0.3, 0.4) is 0 Å². The number of thioether (sulfide) groups is 1. The molecule has 0 fully saturated rings. The third-order valence-electron chi connectivity index (χ3n) is 3.63. The molecule has 0 radical (unpaired) electrons. The van der Waals surface area contributed by atoms with Crippen molar-refractivity contribution >= 4 is 29.3 Å². The molecule has 0 aliphatic heterocycles. The molecule has 0 saturated heterocycles. The standard InChI is InChI=1S/C18H16N4O3S/c1-22-16(12-7-3-2-4-8-12)20-21-18(22)26-11-15(23)19-14-10-6-5-9-13(14)17(24)25/h2-10H,11H2,1H3,(H,19,23)(H,24,25). The molecule has 3 rings (SSSR count). The molecule has 2 aromatic carbocycles. The van der Waals surface area contributed by atoms with Crippen LogP contribution in [-0.4, -0.2) is 37.5 Å². The van der Waals surface area contributed by atoms with E-state index in [-0.39, 0.29) is 22.9 Å². The smallest absolute Gasteiger partial charge is 0.337 e. The Morgan fingerprint density at radius 1 is 1.08 bits per heavy atom. The van der Waals surface area contributed by atoms with Crippen molar-refractivity contribution in [1.29, 1.82) is 0 Å². The predicted octanol–water partition coefficient (Wildman–Crippen LogP) is 2.91. The van der Waals surface area contributed by atoms with Crippen molar-refractivity contribution in [2.75, 3.05) is 11.1 Å². The lowest BCUT2D eigenvalue weighted by molar-refractivity contribution is -0.113. The Morgan fingerprint density at radius 3 is 2.50 bits per heavy atom. The number of aromatic nitrogens is 3. The average Bonchev–Trinajstić information content (AvgIpc) is 3.01. The molecule has 0 saturated carbocycles. The maximum absolute atomic E-state index is 12.2. The zero-order chi connectivity index (χ0) is 18.5. The van der Waals surface area contributed by atoms with Crippen LogP contribution in [0.25, 0.3) is 11.4 Å². The van der Waals surface area contributed by atoms with Crippen LogP contribution in [-0.2, 0) is 11.8 Å². The van der Waals surface area contributed by atoms with E-state index in [0.717, 1.165) is 5.56 Å². The van der Waals surface area contributed by atoms with Gasteiger partial charge in [-0.2, -0.15) is 0 Å². The molecule has 26 heavy (non-hydrogen) atoms. The average molecular weight is 368 g/mol. The van der Waals surface area contributed by atoms with Crippen molar-refractivity contribution in [3.63, 3.8) is 0 Å². The van der Waals surface area contributed by atoms with E-state index < -0.39 is 5.97 Å². The first-order valence-electron chi connectivity index (χ1n) is 7.76. The summed E-state index contributed by atoms with van der Waals surface area (Å²) in [5, 5.41) is 20.7. The third-order valence-corrected chi connectivity index (χ3v) is 4.65. The van der Waals surface area contributed by atoms with E-state index >= 15 is 0 Å². The molecule has 8 heteroatoms. The number of aromatic carboxylic acids is 1. The van der Waals surface area contributed by atoms with Crippen molar-refractivity contribution in [2.45, 2.75) is 5.16 Å². The van der Waals surface area contributed by atoms with Gasteiger partial charge in [0.05, 0.1) is 17.0 Å². The number of anilines is 1. The van der Waals surface area contributed by atoms with Crippen LogP contribution in [0.2, 0.25) is 0 Å². The first kappa shape index (κ1) is 17.7. The van der Waals surface area contributed by atoms with Gasteiger partial charge in [-0.1, -0.05) is 54.2 Å². The van der Waals surface area contributed by atoms with E-state index in [1.165, 1.54) is 17.8 Å². The Morgan fingerprint density at radius 2 is 1.77 bits per heavy atom. The maximum atomic E-state index is 12.2. The molecule has 0 unspecified atom stereocenters. The van der Waals surface area contributed by atoms with Crippen LogP contribution >= 0.6 is 11.8 Å². The van der Waals surface area contributed by atoms with Crippen LogP contribution in [0.15, 0.2) is 59.8 Å². The van der Waals surface area contributed by atoms with E-state index in [2.05, 4.69) is 15.5 Å². The largest absolute Gasteiger partial charge is 0.478 e. The maximum Gasteiger partial charge on any atom is 0.337 e. The second kappa shape index (κ2) is 7.83. The quantitative estimate of drug-likeness (QED) is 0.649. The van der Waals surface area contributed by atoms with E-state index in [0.29, 0.717) is 11.0 Å². The Kier molecular flexibility index (Phi) is 5.33. The summed E-state index contributed by atoms with van der Waals surface area (Å²) in [5.74, 6) is -0.596. The van der Waals surface area contributed by atoms with Crippen molar-refractivity contribution in [3.8, 4) is 11.4 Å². The van der Waals surface area contributed by atoms with E-state index in [4.69, 9.17) is 5.11 Å². The summed E-state index contributed by atoms with van der Waals surface area (Å²) in [5.41, 5.74) is 1.26. The first-order chi connectivity index (χ1) is 12.6. The summed E-state index contributed by atoms with van der Waals surface area (Å²) < 4.78 is 1.82. The highest BCUT2D eigenvalue weighted by Crippen LogP contribution is 2.23. The number of hydrogen-bond acceptors (Lipinski definition) is 5. The molecule has 7 nitrogen and oxygen atoms in total. The Labute approximate surface area is 154 Å². The minimum absolute atomic E-state index is 0.0517. The predicted molar refractivity (Wildman–Crippen MR) is 99.2 cm³/mol. The number of benzene rings is 2. The van der Waals surface area contributed by atoms with Crippen LogP contribution in [0, 0.1) is 0 Å². The fourth-order valence-electron chi connectivity index (χ4n) is 2.37. The molecule has 1 heterocycles. The number of hydrogen-bond donors (Lipinski definition) is 2. The van der Waals surface area contributed by atoms with Crippen molar-refractivity contribution in [1.82, 2.24) is 14.8 Å². The van der Waals surface area contributed by atoms with Crippen molar-refractivity contribution < 1.29 is 14.7 Å². The van der Waals surface area contributed by atoms with Gasteiger partial charge in [-0.25, -0.2) is 4.79 Å². The molecule has 0 bridgehead atoms. The SMILES string of the molecule is Cn1c(SCC(=O)Nc2ccccc2C(=O)O)nnc1-c1ccccc1. The topological polar surface area (TPSA) is 97.1 Å². The van der Waals surface area contributed by atoms with E-state index in [1.807, 2.05) is 41.9 Å². The molecule has 2 N–H and O–H groups in total. The van der Waals surface area contributed by atoms with Gasteiger partial charge in [-0.05, 0) is 12.1 Å². The molecule has 0 aliphatic carbocycles. The summed E-state index contributed by atoms with van der Waals surface area (Å²) in [6.07, 6.45) is 0. The highest BCUT2D eigenvalue weighted by atomic mass is 32.2. The number of rotatable bonds is 6. The summed E-state index contributed by atoms with van der Waals surface area (Å²) in [6.45, 7) is 0. The second-order valence-electron chi connectivity index (χ2n) is 5.42. The summed E-state index contributed by atoms with van der Waals surface area (Å²) in [4.78, 5) is 23.4. The lowest BCUT2D eigenvalue weighted by Gasteiger charge is -2.08. The summed E-state index contributed by atoms with van der Waals surface area (Å²) >= 11 is 1.23. The number of nitrogens with zero attached hydrogens (tertiary/aromatic N) is 3. The molecular weight excluding hydrogens is 352 g/mol. The van der Waals surface area contributed by atoms with Crippen LogP contribution in [0.4, 0.5) is 5.69 Å². The fourth-order valence-corrected chi connectivity index (χ4v) is 3.09. The van der Waals surface area contributed by atoms with Gasteiger partial charge >= 0.3 is 5.97 Å². The van der Waals surface area contributed by atoms with Gasteiger partial charge in [0.1, 0.15) is 0 Å². The van der Waals surface area contributed by atoms with Gasteiger partial charge < -0.3 is 15.0 Å². The fraction of sp³-hybridized carbons (Fsp3) is 0.111. The molecule has 0 spiro atoms. The number of carbonyl (C=O) groups excluding carboxylic acids is 1. The molecule has 3 aromatic rings. The monoisotopic (exact) mass is 368 g/mol. The van der Waals surface area contributed by atoms with Crippen LogP contribution in [0.5, 0.6) is 0 Å². The molecular formula is C18H16N4O3S. The van der Waals surface area contributed by atoms with Crippen LogP contribution in [0.1, 0.15) is 10.4 Å². The Bertz CT molecular complexity index is 941. The van der Waals surface area contributed by atoms with E-state index in [1.54, 1.807) is 18.2 Å². The van der Waals surface area contributed by atoms with E-state index in [9.17, 15) is 9.59 Å². The third kappa shape index (κ3) is 3.92. The molecule has 1 amide bonds. The molecule has 1 aromatic heterocycles. The summed E-state index contributed by atoms with van der Waals surface area (Å²) in [6, 6.07) is 15.9. The zero-order valence-electron chi connectivity index (χ0n) is 13.9. The van der Waals surface area contributed by atoms with Gasteiger partial charge in [0.2, 0.25) is 5.91 Å².